The molecule has 1 aromatic carbocycles. The van der Waals surface area contributed by atoms with Gasteiger partial charge in [-0.05, 0) is 70.6 Å². The molecule has 0 amide bonds. The highest BCUT2D eigenvalue weighted by Gasteiger charge is 2.32. The van der Waals surface area contributed by atoms with Gasteiger partial charge >= 0.3 is 0 Å². The summed E-state index contributed by atoms with van der Waals surface area (Å²) in [7, 11) is 0. The lowest BCUT2D eigenvalue weighted by molar-refractivity contribution is 0.124. The number of aryl methyl sites for hydroxylation is 1. The fourth-order valence-corrected chi connectivity index (χ4v) is 5.97. The van der Waals surface area contributed by atoms with Crippen molar-refractivity contribution in [2.45, 2.75) is 71.6 Å². The highest BCUT2D eigenvalue weighted by atomic mass is 32.1. The van der Waals surface area contributed by atoms with E-state index in [9.17, 15) is 4.79 Å². The van der Waals surface area contributed by atoms with E-state index in [1.165, 1.54) is 17.7 Å². The zero-order valence-electron chi connectivity index (χ0n) is 20.1. The molecule has 0 bridgehead atoms. The first kappa shape index (κ1) is 22.9. The zero-order chi connectivity index (χ0) is 23.7. The van der Waals surface area contributed by atoms with E-state index in [2.05, 4.69) is 73.6 Å². The largest absolute Gasteiger partial charge is 0.322 e. The number of nitrogens with zero attached hydrogens (tertiary/aromatic N) is 5. The van der Waals surface area contributed by atoms with Gasteiger partial charge in [-0.15, -0.1) is 16.4 Å². The zero-order valence-corrected chi connectivity index (χ0v) is 20.9. The van der Waals surface area contributed by atoms with Crippen molar-refractivity contribution in [1.82, 2.24) is 30.1 Å². The van der Waals surface area contributed by atoms with Crippen molar-refractivity contribution in [1.29, 1.82) is 0 Å². The van der Waals surface area contributed by atoms with Crippen LogP contribution in [0.1, 0.15) is 73.4 Å². The van der Waals surface area contributed by atoms with Crippen molar-refractivity contribution in [3.8, 4) is 0 Å². The van der Waals surface area contributed by atoms with Crippen LogP contribution in [0.2, 0.25) is 0 Å². The minimum Gasteiger partial charge on any atom is -0.322 e. The Morgan fingerprint density at radius 2 is 2.00 bits per heavy atom. The summed E-state index contributed by atoms with van der Waals surface area (Å²) in [4.78, 5) is 19.8. The standard InChI is InChI=1S/C26H32N6OS/c1-17(2)24(25-28-29-30-32(25)21-7-4-5-8-21)31(16-22-9-6-12-34-22)15-20-14-19-11-10-18(3)13-23(19)27-26(20)33/h6,9-14,17,21,24H,4-5,7-8,15-16H2,1-3H3,(H,27,33)/t24-/m0/s1. The van der Waals surface area contributed by atoms with Gasteiger partial charge in [0.2, 0.25) is 0 Å². The molecule has 3 heterocycles. The molecule has 1 atom stereocenters. The molecule has 3 aromatic heterocycles. The summed E-state index contributed by atoms with van der Waals surface area (Å²) in [6, 6.07) is 12.8. The van der Waals surface area contributed by atoms with E-state index in [0.29, 0.717) is 12.6 Å². The highest BCUT2D eigenvalue weighted by molar-refractivity contribution is 7.09. The normalized spacial score (nSPS) is 15.7. The summed E-state index contributed by atoms with van der Waals surface area (Å²) < 4.78 is 2.06. The number of rotatable bonds is 8. The SMILES string of the molecule is Cc1ccc2cc(CN(Cc3cccs3)[C@H](c3nnnn3C3CCCC3)C(C)C)c(=O)[nH]c2c1. The average molecular weight is 477 g/mol. The number of aromatic nitrogens is 5. The predicted molar refractivity (Wildman–Crippen MR) is 136 cm³/mol. The van der Waals surface area contributed by atoms with Gasteiger partial charge in [0.05, 0.1) is 12.1 Å². The Bertz CT molecular complexity index is 1300. The number of hydrogen-bond acceptors (Lipinski definition) is 6. The van der Waals surface area contributed by atoms with Gasteiger partial charge in [0.1, 0.15) is 0 Å². The number of pyridine rings is 1. The molecular weight excluding hydrogens is 444 g/mol. The van der Waals surface area contributed by atoms with Gasteiger partial charge in [-0.3, -0.25) is 9.69 Å². The van der Waals surface area contributed by atoms with Crippen molar-refractivity contribution < 1.29 is 0 Å². The Hall–Kier alpha value is -2.84. The Morgan fingerprint density at radius 1 is 1.18 bits per heavy atom. The lowest BCUT2D eigenvalue weighted by Crippen LogP contribution is -2.35. The second-order valence-electron chi connectivity index (χ2n) is 9.81. The van der Waals surface area contributed by atoms with Crippen LogP contribution < -0.4 is 5.56 Å². The van der Waals surface area contributed by atoms with Crippen molar-refractivity contribution in [3.63, 3.8) is 0 Å². The first-order valence-electron chi connectivity index (χ1n) is 12.2. The van der Waals surface area contributed by atoms with Crippen LogP contribution in [0.25, 0.3) is 10.9 Å². The lowest BCUT2D eigenvalue weighted by Gasteiger charge is -2.33. The molecule has 5 rings (SSSR count). The molecule has 0 saturated heterocycles. The summed E-state index contributed by atoms with van der Waals surface area (Å²) in [5, 5.41) is 16.2. The third-order valence-electron chi connectivity index (χ3n) is 6.87. The smallest absolute Gasteiger partial charge is 0.252 e. The number of aromatic amines is 1. The number of nitrogens with one attached hydrogen (secondary N) is 1. The molecule has 0 unspecified atom stereocenters. The van der Waals surface area contributed by atoms with Crippen molar-refractivity contribution in [2.24, 2.45) is 5.92 Å². The fraction of sp³-hybridized carbons (Fsp3) is 0.462. The number of thiophene rings is 1. The number of tetrazole rings is 1. The molecule has 7 nitrogen and oxygen atoms in total. The van der Waals surface area contributed by atoms with E-state index < -0.39 is 0 Å². The van der Waals surface area contributed by atoms with E-state index in [4.69, 9.17) is 0 Å². The molecule has 178 valence electrons. The third kappa shape index (κ3) is 4.70. The molecular formula is C26H32N6OS. The maximum Gasteiger partial charge on any atom is 0.252 e. The van der Waals surface area contributed by atoms with Crippen LogP contribution in [0, 0.1) is 12.8 Å². The molecule has 1 saturated carbocycles. The van der Waals surface area contributed by atoms with Crippen LogP contribution in [0.3, 0.4) is 0 Å². The number of hydrogen-bond donors (Lipinski definition) is 1. The van der Waals surface area contributed by atoms with Gasteiger partial charge in [0.15, 0.2) is 5.82 Å². The summed E-state index contributed by atoms with van der Waals surface area (Å²) in [6.07, 6.45) is 4.69. The summed E-state index contributed by atoms with van der Waals surface area (Å²) >= 11 is 1.74. The van der Waals surface area contributed by atoms with E-state index in [1.54, 1.807) is 11.3 Å². The molecule has 34 heavy (non-hydrogen) atoms. The third-order valence-corrected chi connectivity index (χ3v) is 7.73. The summed E-state index contributed by atoms with van der Waals surface area (Å²) in [5.74, 6) is 1.18. The molecule has 0 spiro atoms. The minimum absolute atomic E-state index is 0.00850. The van der Waals surface area contributed by atoms with Crippen LogP contribution >= 0.6 is 11.3 Å². The van der Waals surface area contributed by atoms with E-state index >= 15 is 0 Å². The topological polar surface area (TPSA) is 79.7 Å². The van der Waals surface area contributed by atoms with Gasteiger partial charge in [-0.1, -0.05) is 44.9 Å². The maximum atomic E-state index is 13.1. The lowest BCUT2D eigenvalue weighted by atomic mass is 9.99. The molecule has 4 aromatic rings. The molecule has 0 aliphatic heterocycles. The molecule has 8 heteroatoms. The molecule has 1 aliphatic carbocycles. The van der Waals surface area contributed by atoms with Crippen LogP contribution in [-0.2, 0) is 13.1 Å². The monoisotopic (exact) mass is 476 g/mol. The van der Waals surface area contributed by atoms with Gasteiger partial charge in [-0.25, -0.2) is 4.68 Å². The fourth-order valence-electron chi connectivity index (χ4n) is 5.24. The first-order valence-corrected chi connectivity index (χ1v) is 13.0. The maximum absolute atomic E-state index is 13.1. The number of fused-ring (bicyclic) bond motifs is 1. The van der Waals surface area contributed by atoms with Gasteiger partial charge < -0.3 is 4.98 Å². The Labute approximate surface area is 203 Å². The Kier molecular flexibility index (Phi) is 6.61. The van der Waals surface area contributed by atoms with Gasteiger partial charge in [-0.2, -0.15) is 0 Å². The van der Waals surface area contributed by atoms with E-state index in [1.807, 2.05) is 19.1 Å². The van der Waals surface area contributed by atoms with E-state index in [0.717, 1.165) is 47.2 Å². The van der Waals surface area contributed by atoms with Crippen molar-refractivity contribution in [2.75, 3.05) is 0 Å². The van der Waals surface area contributed by atoms with Crippen molar-refractivity contribution in [3.05, 3.63) is 74.0 Å². The quantitative estimate of drug-likeness (QED) is 0.368. The van der Waals surface area contributed by atoms with Crippen LogP contribution in [-0.4, -0.2) is 30.1 Å². The molecule has 1 aliphatic rings. The van der Waals surface area contributed by atoms with Crippen LogP contribution in [0.4, 0.5) is 0 Å². The van der Waals surface area contributed by atoms with Gasteiger partial charge in [0, 0.05) is 29.0 Å². The summed E-state index contributed by atoms with van der Waals surface area (Å²) in [5.41, 5.74) is 2.74. The highest BCUT2D eigenvalue weighted by Crippen LogP contribution is 2.35. The van der Waals surface area contributed by atoms with Crippen LogP contribution in [0.5, 0.6) is 0 Å². The van der Waals surface area contributed by atoms with Gasteiger partial charge in [0.25, 0.3) is 5.56 Å². The second kappa shape index (κ2) is 9.80. The minimum atomic E-state index is -0.0350. The molecule has 0 radical (unpaired) electrons. The Morgan fingerprint density at radius 3 is 2.74 bits per heavy atom. The van der Waals surface area contributed by atoms with Crippen molar-refractivity contribution >= 4 is 22.2 Å². The Balaban J connectivity index is 1.55. The molecule has 1 fully saturated rings. The molecule has 1 N–H and O–H groups in total. The second-order valence-corrected chi connectivity index (χ2v) is 10.8. The van der Waals surface area contributed by atoms with E-state index in [-0.39, 0.29) is 17.5 Å². The number of H-pyrrole nitrogens is 1. The predicted octanol–water partition coefficient (Wildman–Crippen LogP) is 5.40. The summed E-state index contributed by atoms with van der Waals surface area (Å²) in [6.45, 7) is 7.73. The number of benzene rings is 1. The first-order chi connectivity index (χ1) is 16.5. The average Bonchev–Trinajstić information content (AvgIpc) is 3.57. The van der Waals surface area contributed by atoms with Crippen LogP contribution in [0.15, 0.2) is 46.6 Å².